The number of ether oxygens (including phenoxy) is 1. The summed E-state index contributed by atoms with van der Waals surface area (Å²) in [4.78, 5) is 11.1. The van der Waals surface area contributed by atoms with E-state index in [9.17, 15) is 9.00 Å². The molecule has 6 heteroatoms. The third-order valence-electron chi connectivity index (χ3n) is 3.77. The number of carbonyl (C=O) groups is 1. The van der Waals surface area contributed by atoms with Crippen molar-refractivity contribution in [3.05, 3.63) is 0 Å². The predicted octanol–water partition coefficient (Wildman–Crippen LogP) is 1.65. The molecule has 4 nitrogen and oxygen atoms in total. The van der Waals surface area contributed by atoms with Gasteiger partial charge in [-0.15, -0.1) is 0 Å². The minimum absolute atomic E-state index is 0.0153. The van der Waals surface area contributed by atoms with E-state index in [4.69, 9.17) is 9.84 Å². The number of thioether (sulfide) groups is 1. The molecule has 4 atom stereocenters. The summed E-state index contributed by atoms with van der Waals surface area (Å²) in [7, 11) is -1.29. The van der Waals surface area contributed by atoms with Crippen molar-refractivity contribution in [2.45, 2.75) is 48.7 Å². The van der Waals surface area contributed by atoms with Gasteiger partial charge in [0.15, 0.2) is 0 Å². The molecular weight excluding hydrogens is 272 g/mol. The summed E-state index contributed by atoms with van der Waals surface area (Å²) in [5.74, 6) is 1.12. The summed E-state index contributed by atoms with van der Waals surface area (Å²) < 4.78 is 18.3. The van der Waals surface area contributed by atoms with E-state index in [-0.39, 0.29) is 10.9 Å². The Hall–Kier alpha value is -0.0700. The fourth-order valence-electron chi connectivity index (χ4n) is 2.71. The van der Waals surface area contributed by atoms with Crippen LogP contribution in [0.1, 0.15) is 32.6 Å². The monoisotopic (exact) mass is 292 g/mol. The zero-order valence-electron chi connectivity index (χ0n) is 10.6. The molecule has 0 aliphatic carbocycles. The molecule has 2 rings (SSSR count). The summed E-state index contributed by atoms with van der Waals surface area (Å²) in [6, 6.07) is 0. The van der Waals surface area contributed by atoms with Crippen LogP contribution in [0.25, 0.3) is 0 Å². The molecule has 1 N–H and O–H groups in total. The third kappa shape index (κ3) is 2.91. The van der Waals surface area contributed by atoms with Crippen molar-refractivity contribution >= 4 is 28.5 Å². The van der Waals surface area contributed by atoms with Gasteiger partial charge >= 0.3 is 5.97 Å². The molecule has 1 spiro atoms. The highest BCUT2D eigenvalue weighted by Gasteiger charge is 2.43. The van der Waals surface area contributed by atoms with E-state index < -0.39 is 22.0 Å². The molecule has 0 aromatic heterocycles. The van der Waals surface area contributed by atoms with Crippen molar-refractivity contribution in [3.8, 4) is 0 Å². The highest BCUT2D eigenvalue weighted by Crippen LogP contribution is 2.40. The molecule has 0 aromatic carbocycles. The molecule has 0 amide bonds. The molecule has 0 radical (unpaired) electrons. The zero-order chi connectivity index (χ0) is 13.2. The van der Waals surface area contributed by atoms with Gasteiger partial charge in [0.1, 0.15) is 5.25 Å². The van der Waals surface area contributed by atoms with E-state index in [2.05, 4.69) is 0 Å². The molecule has 2 fully saturated rings. The second kappa shape index (κ2) is 5.92. The smallest absolute Gasteiger partial charge is 0.319 e. The van der Waals surface area contributed by atoms with E-state index in [0.717, 1.165) is 30.8 Å². The van der Waals surface area contributed by atoms with Gasteiger partial charge in [0.25, 0.3) is 0 Å². The Morgan fingerprint density at radius 3 is 3.00 bits per heavy atom. The van der Waals surface area contributed by atoms with Gasteiger partial charge in [-0.3, -0.25) is 9.00 Å². The van der Waals surface area contributed by atoms with Crippen molar-refractivity contribution in [2.24, 2.45) is 0 Å². The van der Waals surface area contributed by atoms with Crippen molar-refractivity contribution in [2.75, 3.05) is 18.1 Å². The standard InChI is InChI=1S/C12H20O4S2/c1-2-10(11(13)14)18(15)9-3-5-16-12(7-9)4-6-17-8-12/h9-10H,2-8H2,1H3,(H,13,14). The van der Waals surface area contributed by atoms with Crippen LogP contribution in [-0.2, 0) is 20.3 Å². The number of rotatable bonds is 4. The Morgan fingerprint density at radius 1 is 1.67 bits per heavy atom. The van der Waals surface area contributed by atoms with Crippen LogP contribution in [0.2, 0.25) is 0 Å². The van der Waals surface area contributed by atoms with Crippen molar-refractivity contribution in [1.29, 1.82) is 0 Å². The minimum atomic E-state index is -1.29. The molecule has 4 unspecified atom stereocenters. The molecule has 2 aliphatic rings. The molecule has 0 aromatic rings. The van der Waals surface area contributed by atoms with Gasteiger partial charge in [-0.25, -0.2) is 0 Å². The molecule has 2 heterocycles. The molecular formula is C12H20O4S2. The lowest BCUT2D eigenvalue weighted by Gasteiger charge is -2.37. The van der Waals surface area contributed by atoms with Crippen molar-refractivity contribution in [1.82, 2.24) is 0 Å². The number of carboxylic acid groups (broad SMARTS) is 1. The normalized spacial score (nSPS) is 35.5. The van der Waals surface area contributed by atoms with Gasteiger partial charge < -0.3 is 9.84 Å². The van der Waals surface area contributed by atoms with Crippen LogP contribution in [0.4, 0.5) is 0 Å². The van der Waals surface area contributed by atoms with Gasteiger partial charge in [-0.1, -0.05) is 6.92 Å². The van der Waals surface area contributed by atoms with Gasteiger partial charge in [0.05, 0.1) is 5.60 Å². The van der Waals surface area contributed by atoms with Crippen LogP contribution in [0.5, 0.6) is 0 Å². The second-order valence-corrected chi connectivity index (χ2v) is 8.01. The average molecular weight is 292 g/mol. The predicted molar refractivity (Wildman–Crippen MR) is 73.5 cm³/mol. The Bertz CT molecular complexity index is 339. The average Bonchev–Trinajstić information content (AvgIpc) is 2.77. The van der Waals surface area contributed by atoms with Crippen molar-refractivity contribution in [3.63, 3.8) is 0 Å². The Labute approximate surface area is 114 Å². The summed E-state index contributed by atoms with van der Waals surface area (Å²) in [5, 5.41) is 8.36. The second-order valence-electron chi connectivity index (χ2n) is 5.01. The van der Waals surface area contributed by atoms with Crippen molar-refractivity contribution < 1.29 is 18.8 Å². The van der Waals surface area contributed by atoms with Crippen LogP contribution in [0.3, 0.4) is 0 Å². The number of hydrogen-bond donors (Lipinski definition) is 1. The molecule has 18 heavy (non-hydrogen) atoms. The minimum Gasteiger partial charge on any atom is -0.480 e. The first-order valence-corrected chi connectivity index (χ1v) is 8.85. The summed E-state index contributed by atoms with van der Waals surface area (Å²) in [6.45, 7) is 2.41. The quantitative estimate of drug-likeness (QED) is 0.853. The Kier molecular flexibility index (Phi) is 4.72. The molecule has 2 saturated heterocycles. The number of carboxylic acids is 1. The molecule has 0 saturated carbocycles. The van der Waals surface area contributed by atoms with E-state index in [1.807, 2.05) is 11.8 Å². The third-order valence-corrected chi connectivity index (χ3v) is 7.15. The van der Waals surface area contributed by atoms with E-state index in [0.29, 0.717) is 13.0 Å². The molecule has 2 aliphatic heterocycles. The van der Waals surface area contributed by atoms with Crippen LogP contribution < -0.4 is 0 Å². The number of aliphatic carboxylic acids is 1. The highest BCUT2D eigenvalue weighted by molar-refractivity contribution is 7.99. The Morgan fingerprint density at radius 2 is 2.44 bits per heavy atom. The maximum Gasteiger partial charge on any atom is 0.319 e. The van der Waals surface area contributed by atoms with Crippen LogP contribution in [0, 0.1) is 0 Å². The lowest BCUT2D eigenvalue weighted by molar-refractivity contribution is -0.136. The zero-order valence-corrected chi connectivity index (χ0v) is 12.2. The first kappa shape index (κ1) is 14.3. The first-order valence-electron chi connectivity index (χ1n) is 6.42. The van der Waals surface area contributed by atoms with Crippen LogP contribution in [-0.4, -0.2) is 49.5 Å². The fraction of sp³-hybridized carbons (Fsp3) is 0.917. The summed E-state index contributed by atoms with van der Waals surface area (Å²) in [5.41, 5.74) is -0.125. The van der Waals surface area contributed by atoms with E-state index >= 15 is 0 Å². The van der Waals surface area contributed by atoms with Gasteiger partial charge in [0.2, 0.25) is 0 Å². The van der Waals surface area contributed by atoms with Gasteiger partial charge in [-0.2, -0.15) is 11.8 Å². The van der Waals surface area contributed by atoms with E-state index in [1.165, 1.54) is 0 Å². The lowest BCUT2D eigenvalue weighted by Crippen LogP contribution is -2.45. The summed E-state index contributed by atoms with van der Waals surface area (Å²) >= 11 is 1.87. The highest BCUT2D eigenvalue weighted by atomic mass is 32.2. The largest absolute Gasteiger partial charge is 0.480 e. The fourth-order valence-corrected chi connectivity index (χ4v) is 5.88. The van der Waals surface area contributed by atoms with Crippen LogP contribution in [0.15, 0.2) is 0 Å². The van der Waals surface area contributed by atoms with Crippen LogP contribution >= 0.6 is 11.8 Å². The number of hydrogen-bond acceptors (Lipinski definition) is 4. The summed E-state index contributed by atoms with van der Waals surface area (Å²) in [6.07, 6.45) is 2.93. The molecule has 104 valence electrons. The maximum absolute atomic E-state index is 12.4. The van der Waals surface area contributed by atoms with Gasteiger partial charge in [-0.05, 0) is 31.4 Å². The van der Waals surface area contributed by atoms with Gasteiger partial charge in [0, 0.05) is 28.4 Å². The first-order chi connectivity index (χ1) is 8.58. The Balaban J connectivity index is 2.04. The topological polar surface area (TPSA) is 63.6 Å². The van der Waals surface area contributed by atoms with E-state index in [1.54, 1.807) is 6.92 Å². The molecule has 0 bridgehead atoms. The maximum atomic E-state index is 12.4. The SMILES string of the molecule is CCC(C(=O)O)S(=O)C1CCOC2(CCSC2)C1. The lowest BCUT2D eigenvalue weighted by atomic mass is 9.93.